The Labute approximate surface area is 127 Å². The Bertz CT molecular complexity index is 646. The van der Waals surface area contributed by atoms with Gasteiger partial charge >= 0.3 is 0 Å². The molecule has 0 saturated heterocycles. The van der Waals surface area contributed by atoms with Crippen molar-refractivity contribution in [2.75, 3.05) is 14.2 Å². The van der Waals surface area contributed by atoms with Gasteiger partial charge in [-0.3, -0.25) is 0 Å². The van der Waals surface area contributed by atoms with Crippen LogP contribution in [0.15, 0.2) is 32.5 Å². The third-order valence-corrected chi connectivity index (χ3v) is 7.29. The van der Waals surface area contributed by atoms with Crippen LogP contribution in [0.1, 0.15) is 12.5 Å². The molecule has 7 heteroatoms. The molecule has 2 rings (SSSR count). The first kappa shape index (κ1) is 15.5. The minimum atomic E-state index is -3.51. The Kier molecular flexibility index (Phi) is 4.85. The molecule has 0 bridgehead atoms. The third kappa shape index (κ3) is 3.06. The number of hydrogen-bond acceptors (Lipinski definition) is 5. The van der Waals surface area contributed by atoms with Crippen molar-refractivity contribution in [3.05, 3.63) is 33.8 Å². The summed E-state index contributed by atoms with van der Waals surface area (Å²) >= 11 is 2.80. The van der Waals surface area contributed by atoms with E-state index in [0.29, 0.717) is 12.2 Å². The summed E-state index contributed by atoms with van der Waals surface area (Å²) < 4.78 is 32.0. The summed E-state index contributed by atoms with van der Waals surface area (Å²) in [7, 11) is -0.412. The molecular weight excluding hydrogens is 314 g/mol. The van der Waals surface area contributed by atoms with Crippen molar-refractivity contribution in [2.45, 2.75) is 23.6 Å². The zero-order valence-electron chi connectivity index (χ0n) is 11.6. The average molecular weight is 331 g/mol. The highest BCUT2D eigenvalue weighted by Gasteiger charge is 2.29. The summed E-state index contributed by atoms with van der Waals surface area (Å²) in [5.41, 5.74) is 1.16. The Morgan fingerprint density at radius 1 is 1.35 bits per heavy atom. The molecule has 2 aromatic heterocycles. The highest BCUT2D eigenvalue weighted by atomic mass is 32.2. The number of rotatable bonds is 6. The Balaban J connectivity index is 2.20. The molecule has 20 heavy (non-hydrogen) atoms. The lowest BCUT2D eigenvalue weighted by Gasteiger charge is -2.23. The van der Waals surface area contributed by atoms with E-state index in [1.165, 1.54) is 22.8 Å². The van der Waals surface area contributed by atoms with Gasteiger partial charge in [-0.25, -0.2) is 8.42 Å². The van der Waals surface area contributed by atoms with Crippen LogP contribution in [-0.2, 0) is 16.4 Å². The fourth-order valence-corrected chi connectivity index (χ4v) is 5.35. The van der Waals surface area contributed by atoms with Crippen molar-refractivity contribution in [3.63, 3.8) is 0 Å². The van der Waals surface area contributed by atoms with Crippen LogP contribution in [-0.4, -0.2) is 32.9 Å². The smallest absolute Gasteiger partial charge is 0.256 e. The van der Waals surface area contributed by atoms with Gasteiger partial charge < -0.3 is 4.74 Å². The molecule has 2 aromatic rings. The maximum absolute atomic E-state index is 12.6. The van der Waals surface area contributed by atoms with Crippen LogP contribution in [0.25, 0.3) is 0 Å². The largest absolute Gasteiger partial charge is 0.494 e. The van der Waals surface area contributed by atoms with Gasteiger partial charge in [-0.15, -0.1) is 11.3 Å². The van der Waals surface area contributed by atoms with E-state index in [9.17, 15) is 8.42 Å². The van der Waals surface area contributed by atoms with Crippen LogP contribution in [0.5, 0.6) is 5.75 Å². The summed E-state index contributed by atoms with van der Waals surface area (Å²) in [6, 6.07) is 3.59. The van der Waals surface area contributed by atoms with E-state index in [0.717, 1.165) is 5.56 Å². The molecule has 0 aliphatic heterocycles. The maximum Gasteiger partial charge on any atom is 0.256 e. The van der Waals surface area contributed by atoms with Crippen LogP contribution in [0.3, 0.4) is 0 Å². The molecule has 0 aliphatic rings. The average Bonchev–Trinajstić information content (AvgIpc) is 3.08. The highest BCUT2D eigenvalue weighted by Crippen LogP contribution is 2.32. The fraction of sp³-hybridized carbons (Fsp3) is 0.385. The number of sulfonamides is 1. The topological polar surface area (TPSA) is 46.6 Å². The monoisotopic (exact) mass is 331 g/mol. The van der Waals surface area contributed by atoms with Gasteiger partial charge in [0.05, 0.1) is 7.11 Å². The van der Waals surface area contributed by atoms with E-state index < -0.39 is 10.0 Å². The molecule has 0 fully saturated rings. The summed E-state index contributed by atoms with van der Waals surface area (Å²) in [5.74, 6) is 0.407. The number of hydrogen-bond donors (Lipinski definition) is 0. The maximum atomic E-state index is 12.6. The minimum Gasteiger partial charge on any atom is -0.494 e. The van der Waals surface area contributed by atoms with Gasteiger partial charge in [0.1, 0.15) is 5.75 Å². The molecule has 0 radical (unpaired) electrons. The molecule has 0 aromatic carbocycles. The number of nitrogens with zero attached hydrogens (tertiary/aromatic N) is 1. The lowest BCUT2D eigenvalue weighted by atomic mass is 10.1. The predicted octanol–water partition coefficient (Wildman–Crippen LogP) is 3.07. The first-order chi connectivity index (χ1) is 9.46. The summed E-state index contributed by atoms with van der Waals surface area (Å²) in [5, 5.41) is 5.77. The van der Waals surface area contributed by atoms with E-state index in [1.54, 1.807) is 29.8 Å². The Morgan fingerprint density at radius 3 is 2.70 bits per heavy atom. The van der Waals surface area contributed by atoms with Crippen LogP contribution in [0, 0.1) is 0 Å². The normalized spacial score (nSPS) is 13.6. The Morgan fingerprint density at radius 2 is 2.10 bits per heavy atom. The minimum absolute atomic E-state index is 0.110. The summed E-state index contributed by atoms with van der Waals surface area (Å²) in [6.45, 7) is 1.91. The van der Waals surface area contributed by atoms with Crippen molar-refractivity contribution in [1.82, 2.24) is 4.31 Å². The second kappa shape index (κ2) is 6.26. The van der Waals surface area contributed by atoms with Gasteiger partial charge in [0.25, 0.3) is 10.0 Å². The van der Waals surface area contributed by atoms with E-state index in [-0.39, 0.29) is 10.3 Å². The van der Waals surface area contributed by atoms with Crippen molar-refractivity contribution in [1.29, 1.82) is 0 Å². The first-order valence-electron chi connectivity index (χ1n) is 6.07. The molecule has 110 valence electrons. The van der Waals surface area contributed by atoms with Gasteiger partial charge in [0.15, 0.2) is 4.21 Å². The van der Waals surface area contributed by atoms with Crippen LogP contribution < -0.4 is 4.74 Å². The molecule has 0 unspecified atom stereocenters. The number of ether oxygens (including phenoxy) is 1. The van der Waals surface area contributed by atoms with E-state index in [4.69, 9.17) is 4.74 Å². The SMILES string of the molecule is COc1ccsc1S(=O)(=O)N(C)[C@@H](C)Cc1ccsc1. The lowest BCUT2D eigenvalue weighted by Crippen LogP contribution is -2.36. The zero-order valence-corrected chi connectivity index (χ0v) is 14.0. The van der Waals surface area contributed by atoms with Gasteiger partial charge in [0, 0.05) is 13.1 Å². The lowest BCUT2D eigenvalue weighted by molar-refractivity contribution is 0.379. The first-order valence-corrected chi connectivity index (χ1v) is 9.33. The van der Waals surface area contributed by atoms with Crippen molar-refractivity contribution in [2.24, 2.45) is 0 Å². The summed E-state index contributed by atoms with van der Waals surface area (Å²) in [4.78, 5) is 0. The molecule has 1 atom stereocenters. The second-order valence-corrected chi connectivity index (χ2v) is 8.37. The van der Waals surface area contributed by atoms with E-state index >= 15 is 0 Å². The standard InChI is InChI=1S/C13H17NO3S3/c1-10(8-11-4-6-18-9-11)14(2)20(15,16)13-12(17-3)5-7-19-13/h4-7,9-10H,8H2,1-3H3/t10-/m0/s1. The van der Waals surface area contributed by atoms with Crippen LogP contribution >= 0.6 is 22.7 Å². The van der Waals surface area contributed by atoms with E-state index in [1.807, 2.05) is 23.8 Å². The molecule has 4 nitrogen and oxygen atoms in total. The number of thiophene rings is 2. The molecule has 0 spiro atoms. The van der Waals surface area contributed by atoms with Crippen LogP contribution in [0.2, 0.25) is 0 Å². The van der Waals surface area contributed by atoms with Crippen molar-refractivity contribution in [3.8, 4) is 5.75 Å². The number of likely N-dealkylation sites (N-methyl/N-ethyl adjacent to an activating group) is 1. The Hall–Kier alpha value is -0.890. The molecule has 0 N–H and O–H groups in total. The molecular formula is C13H17NO3S3. The molecule has 0 aliphatic carbocycles. The van der Waals surface area contributed by atoms with Gasteiger partial charge in [-0.05, 0) is 47.2 Å². The van der Waals surface area contributed by atoms with Gasteiger partial charge in [-0.2, -0.15) is 15.6 Å². The molecule has 0 amide bonds. The fourth-order valence-electron chi connectivity index (χ4n) is 1.87. The highest BCUT2D eigenvalue weighted by molar-refractivity contribution is 7.91. The third-order valence-electron chi connectivity index (χ3n) is 3.16. The van der Waals surface area contributed by atoms with Crippen molar-refractivity contribution >= 4 is 32.7 Å². The zero-order chi connectivity index (χ0) is 14.8. The quantitative estimate of drug-likeness (QED) is 0.817. The molecule has 2 heterocycles. The predicted molar refractivity (Wildman–Crippen MR) is 83.3 cm³/mol. The second-order valence-electron chi connectivity index (χ2n) is 4.48. The van der Waals surface area contributed by atoms with Gasteiger partial charge in [0.2, 0.25) is 0 Å². The van der Waals surface area contributed by atoms with Crippen molar-refractivity contribution < 1.29 is 13.2 Å². The van der Waals surface area contributed by atoms with Crippen LogP contribution in [0.4, 0.5) is 0 Å². The molecule has 0 saturated carbocycles. The number of methoxy groups -OCH3 is 1. The summed E-state index contributed by atoms with van der Waals surface area (Å²) in [6.07, 6.45) is 0.701. The van der Waals surface area contributed by atoms with E-state index in [2.05, 4.69) is 0 Å². The van der Waals surface area contributed by atoms with Gasteiger partial charge in [-0.1, -0.05) is 0 Å².